The van der Waals surface area contributed by atoms with E-state index in [9.17, 15) is 23.1 Å². The number of carbonyl (C=O) groups is 1. The molecule has 4 fully saturated rings. The largest absolute Gasteiger partial charge is 0.507 e. The summed E-state index contributed by atoms with van der Waals surface area (Å²) < 4.78 is 44.6. The maximum Gasteiger partial charge on any atom is 0.416 e. The summed E-state index contributed by atoms with van der Waals surface area (Å²) in [4.78, 5) is 17.2. The summed E-state index contributed by atoms with van der Waals surface area (Å²) in [5.74, 6) is -0.0330. The zero-order valence-electron chi connectivity index (χ0n) is 25.8. The van der Waals surface area contributed by atoms with Gasteiger partial charge >= 0.3 is 6.18 Å². The van der Waals surface area contributed by atoms with Gasteiger partial charge in [-0.1, -0.05) is 13.8 Å². The lowest BCUT2D eigenvalue weighted by Gasteiger charge is -2.51. The Kier molecular flexibility index (Phi) is 10.8. The fourth-order valence-corrected chi connectivity index (χ4v) is 6.61. The van der Waals surface area contributed by atoms with E-state index in [0.717, 1.165) is 70.3 Å². The number of rotatable bonds is 5. The number of hydrogen-bond acceptors (Lipinski definition) is 9. The zero-order chi connectivity index (χ0) is 32.2. The number of benzene rings is 1. The average Bonchev–Trinajstić information content (AvgIpc) is 3.42. The maximum atomic E-state index is 13.0. The number of amides is 1. The second kappa shape index (κ2) is 14.0. The zero-order valence-corrected chi connectivity index (χ0v) is 25.8. The first-order valence-corrected chi connectivity index (χ1v) is 15.4. The van der Waals surface area contributed by atoms with E-state index in [1.165, 1.54) is 0 Å². The van der Waals surface area contributed by atoms with Crippen molar-refractivity contribution in [2.45, 2.75) is 76.7 Å². The van der Waals surface area contributed by atoms with Gasteiger partial charge in [-0.25, -0.2) is 0 Å². The Balaban J connectivity index is 0.00000104. The molecule has 4 aliphatic rings. The molecule has 0 radical (unpaired) electrons. The van der Waals surface area contributed by atoms with Crippen LogP contribution < -0.4 is 28.3 Å². The molecule has 1 spiro atoms. The molecular weight excluding hydrogens is 575 g/mol. The van der Waals surface area contributed by atoms with E-state index in [1.54, 1.807) is 0 Å². The maximum absolute atomic E-state index is 13.0. The Morgan fingerprint density at radius 3 is 2.36 bits per heavy atom. The molecule has 1 aromatic carbocycles. The minimum atomic E-state index is -4.58. The van der Waals surface area contributed by atoms with Crippen molar-refractivity contribution in [3.05, 3.63) is 46.3 Å². The van der Waals surface area contributed by atoms with Gasteiger partial charge in [0.25, 0.3) is 0 Å². The summed E-state index contributed by atoms with van der Waals surface area (Å²) in [6.45, 7) is 7.65. The SMILES string of the molecule is CC(C)N.N/C(NC1CCCN(CC(=O)N2CCC3(CC2)CC(N)C3)C1)=C1/COC/C1=C(/N)c1ccc(C(F)(F)F)cc1O. The monoisotopic (exact) mass is 623 g/mol. The van der Waals surface area contributed by atoms with Crippen molar-refractivity contribution in [2.24, 2.45) is 28.3 Å². The van der Waals surface area contributed by atoms with Crippen LogP contribution in [0.1, 0.15) is 63.5 Å². The number of piperidine rings is 2. The van der Waals surface area contributed by atoms with E-state index in [1.807, 2.05) is 18.7 Å². The summed E-state index contributed by atoms with van der Waals surface area (Å²) in [5.41, 5.74) is 24.6. The second-order valence-electron chi connectivity index (χ2n) is 13.0. The van der Waals surface area contributed by atoms with Crippen molar-refractivity contribution in [1.29, 1.82) is 0 Å². The van der Waals surface area contributed by atoms with Crippen molar-refractivity contribution in [3.63, 3.8) is 0 Å². The van der Waals surface area contributed by atoms with Crippen LogP contribution in [0.15, 0.2) is 35.2 Å². The molecule has 3 saturated heterocycles. The molecular formula is C31H48F3N7O3. The number of hydrogen-bond donors (Lipinski definition) is 6. The molecule has 0 bridgehead atoms. The molecule has 3 aliphatic heterocycles. The molecule has 10 N–H and O–H groups in total. The molecule has 1 atom stereocenters. The predicted molar refractivity (Wildman–Crippen MR) is 164 cm³/mol. The number of halogens is 3. The number of ether oxygens (including phenoxy) is 1. The molecule has 1 aliphatic carbocycles. The highest BCUT2D eigenvalue weighted by Gasteiger charge is 2.45. The fourth-order valence-electron chi connectivity index (χ4n) is 6.61. The number of likely N-dealkylation sites (tertiary alicyclic amines) is 2. The first-order valence-electron chi connectivity index (χ1n) is 15.4. The van der Waals surface area contributed by atoms with Crippen LogP contribution in [0.3, 0.4) is 0 Å². The van der Waals surface area contributed by atoms with Gasteiger partial charge in [-0.15, -0.1) is 0 Å². The Labute approximate surface area is 257 Å². The second-order valence-corrected chi connectivity index (χ2v) is 13.0. The minimum absolute atomic E-state index is 0.0117. The molecule has 0 aromatic heterocycles. The number of phenolic OH excluding ortho intramolecular Hbond substituents is 1. The Hall–Kier alpha value is -3.00. The topological polar surface area (TPSA) is 169 Å². The van der Waals surface area contributed by atoms with Gasteiger partial charge in [-0.2, -0.15) is 13.2 Å². The smallest absolute Gasteiger partial charge is 0.416 e. The lowest BCUT2D eigenvalue weighted by atomic mass is 9.61. The molecule has 1 saturated carbocycles. The summed E-state index contributed by atoms with van der Waals surface area (Å²) in [7, 11) is 0. The van der Waals surface area contributed by atoms with E-state index in [0.29, 0.717) is 53.6 Å². The third-order valence-electron chi connectivity index (χ3n) is 8.91. The highest BCUT2D eigenvalue weighted by atomic mass is 19.4. The van der Waals surface area contributed by atoms with Crippen LogP contribution >= 0.6 is 0 Å². The number of alkyl halides is 3. The lowest BCUT2D eigenvalue weighted by Crippen LogP contribution is -2.55. The van der Waals surface area contributed by atoms with Gasteiger partial charge in [0.2, 0.25) is 5.91 Å². The van der Waals surface area contributed by atoms with Gasteiger partial charge in [0.1, 0.15) is 11.6 Å². The van der Waals surface area contributed by atoms with Gasteiger partial charge in [0.05, 0.1) is 25.3 Å². The Bertz CT molecular complexity index is 1230. The highest BCUT2D eigenvalue weighted by Crippen LogP contribution is 2.48. The molecule has 10 nitrogen and oxygen atoms in total. The van der Waals surface area contributed by atoms with Crippen molar-refractivity contribution < 1.29 is 27.8 Å². The molecule has 246 valence electrons. The first kappa shape index (κ1) is 33.9. The number of aromatic hydroxyl groups is 1. The van der Waals surface area contributed by atoms with Crippen molar-refractivity contribution in [2.75, 3.05) is 45.9 Å². The lowest BCUT2D eigenvalue weighted by molar-refractivity contribution is -0.138. The Morgan fingerprint density at radius 2 is 1.77 bits per heavy atom. The van der Waals surface area contributed by atoms with Gasteiger partial charge in [0, 0.05) is 54.1 Å². The van der Waals surface area contributed by atoms with Gasteiger partial charge in [0.15, 0.2) is 0 Å². The molecule has 1 unspecified atom stereocenters. The van der Waals surface area contributed by atoms with Gasteiger partial charge in [-0.3, -0.25) is 9.69 Å². The Morgan fingerprint density at radius 1 is 1.14 bits per heavy atom. The number of nitrogens with zero attached hydrogens (tertiary/aromatic N) is 2. The number of carbonyl (C=O) groups excluding carboxylic acids is 1. The van der Waals surface area contributed by atoms with Crippen LogP contribution in [0.25, 0.3) is 5.70 Å². The van der Waals surface area contributed by atoms with E-state index in [4.69, 9.17) is 27.7 Å². The van der Waals surface area contributed by atoms with Crippen molar-refractivity contribution in [1.82, 2.24) is 15.1 Å². The molecule has 5 rings (SSSR count). The third kappa shape index (κ3) is 8.38. The molecule has 3 heterocycles. The average molecular weight is 624 g/mol. The van der Waals surface area contributed by atoms with Crippen LogP contribution in [0.2, 0.25) is 0 Å². The molecule has 1 amide bonds. The summed E-state index contributed by atoms with van der Waals surface area (Å²) >= 11 is 0. The molecule has 44 heavy (non-hydrogen) atoms. The molecule has 1 aromatic rings. The normalized spacial score (nSPS) is 24.9. The van der Waals surface area contributed by atoms with Crippen LogP contribution in [0.5, 0.6) is 5.75 Å². The summed E-state index contributed by atoms with van der Waals surface area (Å²) in [6, 6.07) is 3.35. The van der Waals surface area contributed by atoms with E-state index >= 15 is 0 Å². The van der Waals surface area contributed by atoms with Crippen LogP contribution in [0.4, 0.5) is 13.2 Å². The quantitative estimate of drug-likeness (QED) is 0.289. The van der Waals surface area contributed by atoms with Gasteiger partial charge in [-0.05, 0) is 74.7 Å². The molecule has 13 heteroatoms. The number of nitrogens with one attached hydrogen (secondary N) is 1. The van der Waals surface area contributed by atoms with Gasteiger partial charge < -0.3 is 43.0 Å². The van der Waals surface area contributed by atoms with E-state index in [2.05, 4.69) is 10.2 Å². The standard InChI is InChI=1S/C28H39F3N6O3.C3H9N/c29-28(30,31)17-3-4-20(23(38)10-17)25(33)21-15-40-16-22(21)26(34)35-19-2-1-7-36(13-19)14-24(39)37-8-5-27(6-9-37)11-18(32)12-27;1-3(2)4/h3-4,10,18-19,35,38H,1-2,5-9,11-16,32-34H2;3H,4H2,1-2H3/b25-21-,26-22+;. The van der Waals surface area contributed by atoms with Crippen LogP contribution in [0, 0.1) is 5.41 Å². The fraction of sp³-hybridized carbons (Fsp3) is 0.645. The third-order valence-corrected chi connectivity index (χ3v) is 8.91. The van der Waals surface area contributed by atoms with Crippen molar-refractivity contribution >= 4 is 11.6 Å². The summed E-state index contributed by atoms with van der Waals surface area (Å²) in [5, 5.41) is 13.6. The van der Waals surface area contributed by atoms with Crippen LogP contribution in [-0.4, -0.2) is 84.9 Å². The summed E-state index contributed by atoms with van der Waals surface area (Å²) in [6.07, 6.45) is 1.43. The predicted octanol–water partition coefficient (Wildman–Crippen LogP) is 2.42. The highest BCUT2D eigenvalue weighted by molar-refractivity contribution is 5.78. The number of nitrogens with two attached hydrogens (primary N) is 4. The number of phenols is 1. The first-order chi connectivity index (χ1) is 20.7. The van der Waals surface area contributed by atoms with E-state index < -0.39 is 17.5 Å². The van der Waals surface area contributed by atoms with Crippen molar-refractivity contribution in [3.8, 4) is 5.75 Å². The van der Waals surface area contributed by atoms with E-state index in [-0.39, 0.29) is 36.4 Å². The van der Waals surface area contributed by atoms with Crippen LogP contribution in [-0.2, 0) is 15.7 Å². The minimum Gasteiger partial charge on any atom is -0.507 e.